The third-order valence-electron chi connectivity index (χ3n) is 3.44. The van der Waals surface area contributed by atoms with Gasteiger partial charge in [-0.25, -0.2) is 4.98 Å². The number of thiazole rings is 1. The first-order chi connectivity index (χ1) is 9.08. The molecule has 1 fully saturated rings. The largest absolute Gasteiger partial charge is 0.356 e. The summed E-state index contributed by atoms with van der Waals surface area (Å²) >= 11 is 1.66. The molecule has 1 saturated heterocycles. The van der Waals surface area contributed by atoms with Crippen LogP contribution in [0, 0.1) is 12.8 Å². The summed E-state index contributed by atoms with van der Waals surface area (Å²) in [6.45, 7) is 3.20. The minimum atomic E-state index is -0.178. The standard InChI is InChI=1S/C13H19N3O2S/c1-9-11(19-8-15-9)4-3-5-14-13(18)10-6-12(17)16(2)7-10/h8,10H,3-7H2,1-2H3,(H,14,18)/t10-/m0/s1. The van der Waals surface area contributed by atoms with Gasteiger partial charge in [0.25, 0.3) is 0 Å². The second-order valence-electron chi connectivity index (χ2n) is 4.93. The van der Waals surface area contributed by atoms with Crippen LogP contribution in [0.25, 0.3) is 0 Å². The van der Waals surface area contributed by atoms with E-state index in [4.69, 9.17) is 0 Å². The van der Waals surface area contributed by atoms with Gasteiger partial charge < -0.3 is 10.2 Å². The fourth-order valence-electron chi connectivity index (χ4n) is 2.21. The van der Waals surface area contributed by atoms with E-state index in [0.717, 1.165) is 18.5 Å². The van der Waals surface area contributed by atoms with Crippen molar-refractivity contribution in [2.45, 2.75) is 26.2 Å². The van der Waals surface area contributed by atoms with E-state index in [9.17, 15) is 9.59 Å². The van der Waals surface area contributed by atoms with Crippen molar-refractivity contribution >= 4 is 23.2 Å². The molecule has 1 atom stereocenters. The highest BCUT2D eigenvalue weighted by molar-refractivity contribution is 7.09. The van der Waals surface area contributed by atoms with Gasteiger partial charge in [0.15, 0.2) is 0 Å². The SMILES string of the molecule is Cc1ncsc1CCCNC(=O)[C@H]1CC(=O)N(C)C1. The number of nitrogens with zero attached hydrogens (tertiary/aromatic N) is 2. The molecule has 2 amide bonds. The number of hydrogen-bond acceptors (Lipinski definition) is 4. The van der Waals surface area contributed by atoms with Gasteiger partial charge in [-0.3, -0.25) is 9.59 Å². The summed E-state index contributed by atoms with van der Waals surface area (Å²) in [5, 5.41) is 2.91. The van der Waals surface area contributed by atoms with Crippen molar-refractivity contribution < 1.29 is 9.59 Å². The van der Waals surface area contributed by atoms with Gasteiger partial charge in [-0.2, -0.15) is 0 Å². The van der Waals surface area contributed by atoms with Crippen molar-refractivity contribution in [3.8, 4) is 0 Å². The summed E-state index contributed by atoms with van der Waals surface area (Å²) in [6, 6.07) is 0. The molecule has 1 aromatic heterocycles. The maximum atomic E-state index is 11.9. The molecular weight excluding hydrogens is 262 g/mol. The second-order valence-corrected chi connectivity index (χ2v) is 5.87. The average Bonchev–Trinajstić information content (AvgIpc) is 2.92. The fraction of sp³-hybridized carbons (Fsp3) is 0.615. The molecule has 1 aliphatic rings. The normalized spacial score (nSPS) is 18.9. The van der Waals surface area contributed by atoms with Gasteiger partial charge in [0.05, 0.1) is 17.1 Å². The van der Waals surface area contributed by atoms with Crippen molar-refractivity contribution in [1.29, 1.82) is 0 Å². The number of nitrogens with one attached hydrogen (secondary N) is 1. The van der Waals surface area contributed by atoms with E-state index in [2.05, 4.69) is 10.3 Å². The first-order valence-electron chi connectivity index (χ1n) is 6.48. The van der Waals surface area contributed by atoms with Gasteiger partial charge in [0.1, 0.15) is 0 Å². The fourth-order valence-corrected chi connectivity index (χ4v) is 3.03. The molecule has 2 heterocycles. The van der Waals surface area contributed by atoms with Gasteiger partial charge in [-0.1, -0.05) is 0 Å². The van der Waals surface area contributed by atoms with Crippen molar-refractivity contribution in [2.75, 3.05) is 20.1 Å². The monoisotopic (exact) mass is 281 g/mol. The highest BCUT2D eigenvalue weighted by atomic mass is 32.1. The van der Waals surface area contributed by atoms with Crippen LogP contribution in [0.5, 0.6) is 0 Å². The van der Waals surface area contributed by atoms with Crippen LogP contribution in [0.2, 0.25) is 0 Å². The van der Waals surface area contributed by atoms with Gasteiger partial charge in [0, 0.05) is 31.4 Å². The molecule has 0 aromatic carbocycles. The van der Waals surface area contributed by atoms with E-state index in [-0.39, 0.29) is 17.7 Å². The Balaban J connectivity index is 1.67. The summed E-state index contributed by atoms with van der Waals surface area (Å²) in [5.41, 5.74) is 2.93. The molecule has 2 rings (SSSR count). The Morgan fingerprint density at radius 1 is 1.63 bits per heavy atom. The van der Waals surface area contributed by atoms with Crippen LogP contribution < -0.4 is 5.32 Å². The summed E-state index contributed by atoms with van der Waals surface area (Å²) in [4.78, 5) is 30.3. The van der Waals surface area contributed by atoms with E-state index < -0.39 is 0 Å². The Hall–Kier alpha value is -1.43. The number of carbonyl (C=O) groups is 2. The van der Waals surface area contributed by atoms with Gasteiger partial charge in [-0.15, -0.1) is 11.3 Å². The lowest BCUT2D eigenvalue weighted by molar-refractivity contribution is -0.128. The minimum Gasteiger partial charge on any atom is -0.356 e. The second kappa shape index (κ2) is 6.14. The molecule has 0 spiro atoms. The van der Waals surface area contributed by atoms with Crippen LogP contribution in [0.3, 0.4) is 0 Å². The van der Waals surface area contributed by atoms with E-state index in [1.165, 1.54) is 4.88 Å². The van der Waals surface area contributed by atoms with E-state index in [1.807, 2.05) is 12.4 Å². The molecule has 1 aliphatic heterocycles. The number of likely N-dealkylation sites (tertiary alicyclic amines) is 1. The van der Waals surface area contributed by atoms with Crippen molar-refractivity contribution in [2.24, 2.45) is 5.92 Å². The molecular formula is C13H19N3O2S. The number of carbonyl (C=O) groups excluding carboxylic acids is 2. The van der Waals surface area contributed by atoms with Gasteiger partial charge in [-0.05, 0) is 19.8 Å². The van der Waals surface area contributed by atoms with E-state index >= 15 is 0 Å². The summed E-state index contributed by atoms with van der Waals surface area (Å²) < 4.78 is 0. The number of hydrogen-bond donors (Lipinski definition) is 1. The van der Waals surface area contributed by atoms with E-state index in [0.29, 0.717) is 19.5 Å². The van der Waals surface area contributed by atoms with Crippen LogP contribution in [-0.4, -0.2) is 41.8 Å². The Morgan fingerprint density at radius 3 is 3.00 bits per heavy atom. The Morgan fingerprint density at radius 2 is 2.42 bits per heavy atom. The zero-order valence-electron chi connectivity index (χ0n) is 11.3. The zero-order valence-corrected chi connectivity index (χ0v) is 12.1. The number of aryl methyl sites for hydroxylation is 2. The number of rotatable bonds is 5. The minimum absolute atomic E-state index is 0.00118. The topological polar surface area (TPSA) is 62.3 Å². The lowest BCUT2D eigenvalue weighted by atomic mass is 10.1. The Labute approximate surface area is 117 Å². The third kappa shape index (κ3) is 3.53. The maximum Gasteiger partial charge on any atom is 0.225 e. The molecule has 1 N–H and O–H groups in total. The van der Waals surface area contributed by atoms with Gasteiger partial charge in [0.2, 0.25) is 11.8 Å². The Bertz CT molecular complexity index is 472. The van der Waals surface area contributed by atoms with Crippen LogP contribution in [0.4, 0.5) is 0 Å². The van der Waals surface area contributed by atoms with Crippen molar-refractivity contribution in [1.82, 2.24) is 15.2 Å². The Kier molecular flexibility index (Phi) is 4.52. The predicted octanol–water partition coefficient (Wildman–Crippen LogP) is 0.979. The summed E-state index contributed by atoms with van der Waals surface area (Å²) in [5.74, 6) is -0.123. The number of aromatic nitrogens is 1. The third-order valence-corrected chi connectivity index (χ3v) is 4.43. The molecule has 0 saturated carbocycles. The first kappa shape index (κ1) is 14.0. The quantitative estimate of drug-likeness (QED) is 0.818. The molecule has 6 heteroatoms. The van der Waals surface area contributed by atoms with Crippen molar-refractivity contribution in [3.05, 3.63) is 16.1 Å². The summed E-state index contributed by atoms with van der Waals surface area (Å²) in [6.07, 6.45) is 2.20. The highest BCUT2D eigenvalue weighted by Gasteiger charge is 2.31. The number of amides is 2. The van der Waals surface area contributed by atoms with Crippen LogP contribution >= 0.6 is 11.3 Å². The maximum absolute atomic E-state index is 11.9. The van der Waals surface area contributed by atoms with Gasteiger partial charge >= 0.3 is 0 Å². The average molecular weight is 281 g/mol. The van der Waals surface area contributed by atoms with Crippen LogP contribution in [0.15, 0.2) is 5.51 Å². The zero-order chi connectivity index (χ0) is 13.8. The molecule has 0 bridgehead atoms. The van der Waals surface area contributed by atoms with Crippen LogP contribution in [0.1, 0.15) is 23.4 Å². The smallest absolute Gasteiger partial charge is 0.225 e. The molecule has 5 nitrogen and oxygen atoms in total. The lowest BCUT2D eigenvalue weighted by Gasteiger charge is -2.10. The molecule has 1 aromatic rings. The summed E-state index contributed by atoms with van der Waals surface area (Å²) in [7, 11) is 1.74. The lowest BCUT2D eigenvalue weighted by Crippen LogP contribution is -2.33. The van der Waals surface area contributed by atoms with E-state index in [1.54, 1.807) is 23.3 Å². The van der Waals surface area contributed by atoms with Crippen molar-refractivity contribution in [3.63, 3.8) is 0 Å². The molecule has 0 aliphatic carbocycles. The molecule has 0 radical (unpaired) electrons. The first-order valence-corrected chi connectivity index (χ1v) is 7.36. The predicted molar refractivity (Wildman–Crippen MR) is 73.9 cm³/mol. The molecule has 0 unspecified atom stereocenters. The molecule has 104 valence electrons. The molecule has 19 heavy (non-hydrogen) atoms. The highest BCUT2D eigenvalue weighted by Crippen LogP contribution is 2.16. The van der Waals surface area contributed by atoms with Crippen LogP contribution in [-0.2, 0) is 16.0 Å².